The van der Waals surface area contributed by atoms with Crippen molar-refractivity contribution in [3.63, 3.8) is 0 Å². The lowest BCUT2D eigenvalue weighted by Crippen LogP contribution is -2.10. The molecule has 94 valence electrons. The average molecular weight is 243 g/mol. The van der Waals surface area contributed by atoms with Gasteiger partial charge in [-0.05, 0) is 19.1 Å². The maximum Gasteiger partial charge on any atom is 0.196 e. The second-order valence-corrected chi connectivity index (χ2v) is 4.36. The minimum absolute atomic E-state index is 0.0124. The van der Waals surface area contributed by atoms with Crippen LogP contribution in [0.5, 0.6) is 0 Å². The predicted octanol–water partition coefficient (Wildman–Crippen LogP) is 2.20. The Bertz CT molecular complexity index is 558. The van der Waals surface area contributed by atoms with Gasteiger partial charge in [-0.2, -0.15) is 5.10 Å². The van der Waals surface area contributed by atoms with Gasteiger partial charge < -0.3 is 4.90 Å². The molecule has 0 saturated carbocycles. The molecular weight excluding hydrogens is 226 g/mol. The molecule has 18 heavy (non-hydrogen) atoms. The minimum Gasteiger partial charge on any atom is -0.378 e. The van der Waals surface area contributed by atoms with E-state index in [4.69, 9.17) is 0 Å². The van der Waals surface area contributed by atoms with E-state index in [1.54, 1.807) is 17.1 Å². The third kappa shape index (κ3) is 2.42. The van der Waals surface area contributed by atoms with Crippen molar-refractivity contribution in [2.45, 2.75) is 13.5 Å². The van der Waals surface area contributed by atoms with E-state index in [9.17, 15) is 4.79 Å². The standard InChI is InChI=1S/C14H17N3O/c1-4-17-10-12(9-15-17)14(18)11-6-5-7-13(8-11)16(2)3/h5-10H,4H2,1-3H3. The van der Waals surface area contributed by atoms with E-state index in [0.29, 0.717) is 11.1 Å². The van der Waals surface area contributed by atoms with Crippen molar-refractivity contribution in [1.82, 2.24) is 9.78 Å². The number of rotatable bonds is 4. The first-order valence-electron chi connectivity index (χ1n) is 5.96. The molecule has 2 rings (SSSR count). The number of hydrogen-bond acceptors (Lipinski definition) is 3. The number of benzene rings is 1. The molecule has 0 amide bonds. The fourth-order valence-corrected chi connectivity index (χ4v) is 1.75. The van der Waals surface area contributed by atoms with Gasteiger partial charge in [0.2, 0.25) is 0 Å². The summed E-state index contributed by atoms with van der Waals surface area (Å²) >= 11 is 0. The summed E-state index contributed by atoms with van der Waals surface area (Å²) in [5.41, 5.74) is 2.34. The molecule has 4 nitrogen and oxygen atoms in total. The van der Waals surface area contributed by atoms with E-state index in [-0.39, 0.29) is 5.78 Å². The van der Waals surface area contributed by atoms with Crippen LogP contribution < -0.4 is 4.90 Å². The number of carbonyl (C=O) groups is 1. The van der Waals surface area contributed by atoms with Gasteiger partial charge in [0.15, 0.2) is 5.78 Å². The topological polar surface area (TPSA) is 38.1 Å². The summed E-state index contributed by atoms with van der Waals surface area (Å²) in [5.74, 6) is 0.0124. The van der Waals surface area contributed by atoms with Crippen molar-refractivity contribution in [1.29, 1.82) is 0 Å². The van der Waals surface area contributed by atoms with Crippen molar-refractivity contribution >= 4 is 11.5 Å². The Hall–Kier alpha value is -2.10. The molecule has 0 N–H and O–H groups in total. The van der Waals surface area contributed by atoms with E-state index in [1.807, 2.05) is 50.2 Å². The fourth-order valence-electron chi connectivity index (χ4n) is 1.75. The molecule has 0 fully saturated rings. The van der Waals surface area contributed by atoms with Crippen LogP contribution in [-0.4, -0.2) is 29.7 Å². The molecule has 0 aliphatic rings. The van der Waals surface area contributed by atoms with Crippen LogP contribution in [0, 0.1) is 0 Å². The highest BCUT2D eigenvalue weighted by Crippen LogP contribution is 2.16. The van der Waals surface area contributed by atoms with Gasteiger partial charge in [-0.1, -0.05) is 12.1 Å². The van der Waals surface area contributed by atoms with Gasteiger partial charge in [0.25, 0.3) is 0 Å². The van der Waals surface area contributed by atoms with E-state index in [2.05, 4.69) is 5.10 Å². The Morgan fingerprint density at radius 3 is 2.72 bits per heavy atom. The maximum atomic E-state index is 12.3. The van der Waals surface area contributed by atoms with Crippen LogP contribution in [0.1, 0.15) is 22.8 Å². The lowest BCUT2D eigenvalue weighted by atomic mass is 10.1. The van der Waals surface area contributed by atoms with Crippen LogP contribution in [0.3, 0.4) is 0 Å². The molecule has 0 spiro atoms. The number of ketones is 1. The summed E-state index contributed by atoms with van der Waals surface area (Å²) in [5, 5.41) is 4.12. The monoisotopic (exact) mass is 243 g/mol. The molecule has 1 aromatic carbocycles. The number of carbonyl (C=O) groups excluding carboxylic acids is 1. The third-order valence-corrected chi connectivity index (χ3v) is 2.84. The van der Waals surface area contributed by atoms with Crippen LogP contribution in [0.4, 0.5) is 5.69 Å². The number of aromatic nitrogens is 2. The van der Waals surface area contributed by atoms with Crippen molar-refractivity contribution in [2.24, 2.45) is 0 Å². The molecule has 4 heteroatoms. The van der Waals surface area contributed by atoms with Crippen LogP contribution >= 0.6 is 0 Å². The highest BCUT2D eigenvalue weighted by Gasteiger charge is 2.11. The SMILES string of the molecule is CCn1cc(C(=O)c2cccc(N(C)C)c2)cn1. The van der Waals surface area contributed by atoms with Crippen molar-refractivity contribution in [2.75, 3.05) is 19.0 Å². The average Bonchev–Trinajstić information content (AvgIpc) is 2.86. The molecule has 0 radical (unpaired) electrons. The second kappa shape index (κ2) is 5.04. The first-order chi connectivity index (χ1) is 8.61. The van der Waals surface area contributed by atoms with E-state index in [1.165, 1.54) is 0 Å². The minimum atomic E-state index is 0.0124. The van der Waals surface area contributed by atoms with Gasteiger partial charge in [-0.25, -0.2) is 0 Å². The fraction of sp³-hybridized carbons (Fsp3) is 0.286. The highest BCUT2D eigenvalue weighted by molar-refractivity contribution is 6.09. The summed E-state index contributed by atoms with van der Waals surface area (Å²) in [4.78, 5) is 14.3. The molecule has 0 atom stereocenters. The Kier molecular flexibility index (Phi) is 3.46. The normalized spacial score (nSPS) is 10.4. The lowest BCUT2D eigenvalue weighted by Gasteiger charge is -2.12. The van der Waals surface area contributed by atoms with Crippen molar-refractivity contribution in [3.8, 4) is 0 Å². The third-order valence-electron chi connectivity index (χ3n) is 2.84. The van der Waals surface area contributed by atoms with Crippen LogP contribution in [0.15, 0.2) is 36.7 Å². The summed E-state index contributed by atoms with van der Waals surface area (Å²) in [6.45, 7) is 2.76. The summed E-state index contributed by atoms with van der Waals surface area (Å²) in [6.07, 6.45) is 3.40. The lowest BCUT2D eigenvalue weighted by molar-refractivity contribution is 0.103. The number of anilines is 1. The smallest absolute Gasteiger partial charge is 0.196 e. The van der Waals surface area contributed by atoms with E-state index < -0.39 is 0 Å². The van der Waals surface area contributed by atoms with Gasteiger partial charge in [0.05, 0.1) is 11.8 Å². The molecule has 0 bridgehead atoms. The molecule has 1 heterocycles. The van der Waals surface area contributed by atoms with Gasteiger partial charge >= 0.3 is 0 Å². The molecule has 0 aliphatic heterocycles. The zero-order valence-electron chi connectivity index (χ0n) is 10.9. The Morgan fingerprint density at radius 2 is 2.11 bits per heavy atom. The number of hydrogen-bond donors (Lipinski definition) is 0. The number of nitrogens with zero attached hydrogens (tertiary/aromatic N) is 3. The highest BCUT2D eigenvalue weighted by atomic mass is 16.1. The first kappa shape index (κ1) is 12.4. The Morgan fingerprint density at radius 1 is 1.33 bits per heavy atom. The van der Waals surface area contributed by atoms with Crippen LogP contribution in [0.25, 0.3) is 0 Å². The largest absolute Gasteiger partial charge is 0.378 e. The van der Waals surface area contributed by atoms with E-state index in [0.717, 1.165) is 12.2 Å². The Balaban J connectivity index is 2.30. The molecule has 2 aromatic rings. The van der Waals surface area contributed by atoms with Crippen molar-refractivity contribution < 1.29 is 4.79 Å². The van der Waals surface area contributed by atoms with Crippen LogP contribution in [0.2, 0.25) is 0 Å². The summed E-state index contributed by atoms with van der Waals surface area (Å²) in [6, 6.07) is 7.60. The van der Waals surface area contributed by atoms with Gasteiger partial charge in [-0.15, -0.1) is 0 Å². The summed E-state index contributed by atoms with van der Waals surface area (Å²) < 4.78 is 1.75. The summed E-state index contributed by atoms with van der Waals surface area (Å²) in [7, 11) is 3.91. The predicted molar refractivity (Wildman–Crippen MR) is 72.1 cm³/mol. The van der Waals surface area contributed by atoms with Gasteiger partial charge in [-0.3, -0.25) is 9.48 Å². The molecule has 0 unspecified atom stereocenters. The molecule has 0 saturated heterocycles. The first-order valence-corrected chi connectivity index (χ1v) is 5.96. The zero-order chi connectivity index (χ0) is 13.1. The molecule has 1 aromatic heterocycles. The van der Waals surface area contributed by atoms with Gasteiger partial charge in [0, 0.05) is 38.1 Å². The molecule has 0 aliphatic carbocycles. The second-order valence-electron chi connectivity index (χ2n) is 4.36. The quantitative estimate of drug-likeness (QED) is 0.773. The van der Waals surface area contributed by atoms with E-state index >= 15 is 0 Å². The van der Waals surface area contributed by atoms with Gasteiger partial charge in [0.1, 0.15) is 0 Å². The van der Waals surface area contributed by atoms with Crippen molar-refractivity contribution in [3.05, 3.63) is 47.8 Å². The maximum absolute atomic E-state index is 12.3. The Labute approximate surface area is 107 Å². The van der Waals surface area contributed by atoms with Crippen LogP contribution in [-0.2, 0) is 6.54 Å². The number of aryl methyl sites for hydroxylation is 1. The zero-order valence-corrected chi connectivity index (χ0v) is 10.9. The molecular formula is C14H17N3O.